The third kappa shape index (κ3) is 3.96. The Morgan fingerprint density at radius 3 is 2.67 bits per heavy atom. The van der Waals surface area contributed by atoms with Gasteiger partial charge in [-0.1, -0.05) is 25.1 Å². The van der Waals surface area contributed by atoms with Crippen LogP contribution in [0.25, 0.3) is 0 Å². The average Bonchev–Trinajstić information content (AvgIpc) is 2.53. The maximum Gasteiger partial charge on any atom is 0.240 e. The molecule has 110 valence electrons. The fourth-order valence-electron chi connectivity index (χ4n) is 1.80. The van der Waals surface area contributed by atoms with Gasteiger partial charge in [0.25, 0.3) is 0 Å². The lowest BCUT2D eigenvalue weighted by atomic mass is 10.1. The van der Waals surface area contributed by atoms with Gasteiger partial charge in [0.15, 0.2) is 5.78 Å². The van der Waals surface area contributed by atoms with Crippen LogP contribution in [0, 0.1) is 0 Å². The number of Topliss-reactive ketones (excluding diaryl/α,β-unsaturated/α-hetero) is 1. The standard InChI is InChI=1S/C15H16N2O3S/c1-2-15(18)12-6-5-8-14(10-12)21(19,20)17-11-13-7-3-4-9-16-13/h3-10,17H,2,11H2,1H3. The van der Waals surface area contributed by atoms with Crippen LogP contribution < -0.4 is 4.72 Å². The van der Waals surface area contributed by atoms with E-state index in [0.717, 1.165) is 0 Å². The van der Waals surface area contributed by atoms with Gasteiger partial charge in [0.2, 0.25) is 10.0 Å². The summed E-state index contributed by atoms with van der Waals surface area (Å²) < 4.78 is 26.9. The van der Waals surface area contributed by atoms with E-state index in [2.05, 4.69) is 9.71 Å². The molecule has 0 atom stereocenters. The first-order chi connectivity index (χ1) is 10.0. The molecule has 1 heterocycles. The number of rotatable bonds is 6. The van der Waals surface area contributed by atoms with Crippen molar-refractivity contribution in [2.45, 2.75) is 24.8 Å². The van der Waals surface area contributed by atoms with E-state index >= 15 is 0 Å². The molecule has 0 amide bonds. The van der Waals surface area contributed by atoms with Gasteiger partial charge in [0.1, 0.15) is 0 Å². The van der Waals surface area contributed by atoms with Crippen molar-refractivity contribution in [3.63, 3.8) is 0 Å². The van der Waals surface area contributed by atoms with Gasteiger partial charge in [-0.2, -0.15) is 0 Å². The predicted octanol–water partition coefficient (Wildman–Crippen LogP) is 2.15. The summed E-state index contributed by atoms with van der Waals surface area (Å²) >= 11 is 0. The molecule has 0 aliphatic carbocycles. The summed E-state index contributed by atoms with van der Waals surface area (Å²) in [6, 6.07) is 11.3. The third-order valence-electron chi connectivity index (χ3n) is 2.96. The monoisotopic (exact) mass is 304 g/mol. The van der Waals surface area contributed by atoms with Crippen molar-refractivity contribution < 1.29 is 13.2 Å². The van der Waals surface area contributed by atoms with Gasteiger partial charge in [-0.3, -0.25) is 9.78 Å². The van der Waals surface area contributed by atoms with Crippen LogP contribution >= 0.6 is 0 Å². The molecule has 6 heteroatoms. The Kier molecular flexibility index (Phi) is 4.82. The minimum absolute atomic E-state index is 0.0812. The molecule has 0 aliphatic heterocycles. The molecule has 0 aliphatic rings. The van der Waals surface area contributed by atoms with Gasteiger partial charge in [-0.25, -0.2) is 13.1 Å². The number of carbonyl (C=O) groups excluding carboxylic acids is 1. The topological polar surface area (TPSA) is 76.1 Å². The number of carbonyl (C=O) groups is 1. The summed E-state index contributed by atoms with van der Waals surface area (Å²) in [4.78, 5) is 15.8. The van der Waals surface area contributed by atoms with Crippen LogP contribution in [0.5, 0.6) is 0 Å². The largest absolute Gasteiger partial charge is 0.294 e. The van der Waals surface area contributed by atoms with Crippen molar-refractivity contribution in [1.29, 1.82) is 0 Å². The van der Waals surface area contributed by atoms with E-state index in [0.29, 0.717) is 17.7 Å². The number of nitrogens with one attached hydrogen (secondary N) is 1. The average molecular weight is 304 g/mol. The molecule has 2 aromatic rings. The number of hydrogen-bond acceptors (Lipinski definition) is 4. The fourth-order valence-corrected chi connectivity index (χ4v) is 2.84. The number of pyridine rings is 1. The van der Waals surface area contributed by atoms with Gasteiger partial charge in [0, 0.05) is 18.2 Å². The first kappa shape index (κ1) is 15.3. The molecule has 0 saturated carbocycles. The van der Waals surface area contributed by atoms with Crippen LogP contribution in [-0.4, -0.2) is 19.2 Å². The fraction of sp³-hybridized carbons (Fsp3) is 0.200. The summed E-state index contributed by atoms with van der Waals surface area (Å²) in [5, 5.41) is 0. The van der Waals surface area contributed by atoms with Crippen molar-refractivity contribution in [3.8, 4) is 0 Å². The van der Waals surface area contributed by atoms with Gasteiger partial charge in [-0.15, -0.1) is 0 Å². The van der Waals surface area contributed by atoms with E-state index in [1.807, 2.05) is 0 Å². The molecule has 0 spiro atoms. The highest BCUT2D eigenvalue weighted by molar-refractivity contribution is 7.89. The van der Waals surface area contributed by atoms with Crippen LogP contribution in [0.4, 0.5) is 0 Å². The summed E-state index contributed by atoms with van der Waals surface area (Å²) in [5.74, 6) is -0.0863. The van der Waals surface area contributed by atoms with Crippen LogP contribution in [0.2, 0.25) is 0 Å². The molecule has 1 aromatic carbocycles. The zero-order valence-corrected chi connectivity index (χ0v) is 12.4. The molecule has 0 fully saturated rings. The van der Waals surface area contributed by atoms with Crippen molar-refractivity contribution >= 4 is 15.8 Å². The molecule has 2 rings (SSSR count). The maximum atomic E-state index is 12.2. The van der Waals surface area contributed by atoms with E-state index in [9.17, 15) is 13.2 Å². The van der Waals surface area contributed by atoms with E-state index in [-0.39, 0.29) is 17.2 Å². The molecule has 1 N–H and O–H groups in total. The van der Waals surface area contributed by atoms with Crippen LogP contribution in [0.15, 0.2) is 53.6 Å². The number of aromatic nitrogens is 1. The second kappa shape index (κ2) is 6.60. The smallest absolute Gasteiger partial charge is 0.240 e. The van der Waals surface area contributed by atoms with E-state index in [1.165, 1.54) is 12.1 Å². The first-order valence-corrected chi connectivity index (χ1v) is 8.04. The van der Waals surface area contributed by atoms with Crippen LogP contribution in [0.3, 0.4) is 0 Å². The van der Waals surface area contributed by atoms with Crippen LogP contribution in [-0.2, 0) is 16.6 Å². The lowest BCUT2D eigenvalue weighted by Crippen LogP contribution is -2.23. The molecule has 0 radical (unpaired) electrons. The number of ketones is 1. The highest BCUT2D eigenvalue weighted by atomic mass is 32.2. The zero-order valence-electron chi connectivity index (χ0n) is 11.6. The molecule has 1 aromatic heterocycles. The Morgan fingerprint density at radius 2 is 2.00 bits per heavy atom. The second-order valence-electron chi connectivity index (χ2n) is 4.45. The first-order valence-electron chi connectivity index (χ1n) is 6.56. The molecule has 5 nitrogen and oxygen atoms in total. The molecule has 0 saturated heterocycles. The van der Waals surface area contributed by atoms with Crippen molar-refractivity contribution in [3.05, 3.63) is 59.9 Å². The van der Waals surface area contributed by atoms with Gasteiger partial charge >= 0.3 is 0 Å². The van der Waals surface area contributed by atoms with Gasteiger partial charge < -0.3 is 0 Å². The Labute approximate surface area is 124 Å². The summed E-state index contributed by atoms with van der Waals surface area (Å²) in [6.45, 7) is 1.85. The van der Waals surface area contributed by atoms with Crippen molar-refractivity contribution in [1.82, 2.24) is 9.71 Å². The molecular formula is C15H16N2O3S. The van der Waals surface area contributed by atoms with Crippen molar-refractivity contribution in [2.75, 3.05) is 0 Å². The third-order valence-corrected chi connectivity index (χ3v) is 4.36. The highest BCUT2D eigenvalue weighted by Crippen LogP contribution is 2.13. The maximum absolute atomic E-state index is 12.2. The lowest BCUT2D eigenvalue weighted by Gasteiger charge is -2.07. The Balaban J connectivity index is 2.18. The Hall–Kier alpha value is -2.05. The van der Waals surface area contributed by atoms with E-state index in [1.54, 1.807) is 43.5 Å². The van der Waals surface area contributed by atoms with Gasteiger partial charge in [0.05, 0.1) is 17.1 Å². The minimum Gasteiger partial charge on any atom is -0.294 e. The predicted molar refractivity (Wildman–Crippen MR) is 79.3 cm³/mol. The number of hydrogen-bond donors (Lipinski definition) is 1. The molecule has 0 unspecified atom stereocenters. The highest BCUT2D eigenvalue weighted by Gasteiger charge is 2.15. The molecule has 21 heavy (non-hydrogen) atoms. The molecule has 0 bridgehead atoms. The zero-order chi connectivity index (χ0) is 15.3. The number of nitrogens with zero attached hydrogens (tertiary/aromatic N) is 1. The SMILES string of the molecule is CCC(=O)c1cccc(S(=O)(=O)NCc2ccccn2)c1. The number of benzene rings is 1. The Bertz CT molecular complexity index is 728. The lowest BCUT2D eigenvalue weighted by molar-refractivity contribution is 0.0988. The summed E-state index contributed by atoms with van der Waals surface area (Å²) in [5.41, 5.74) is 1.03. The van der Waals surface area contributed by atoms with E-state index < -0.39 is 10.0 Å². The quantitative estimate of drug-likeness (QED) is 0.830. The van der Waals surface area contributed by atoms with Gasteiger partial charge in [-0.05, 0) is 24.3 Å². The van der Waals surface area contributed by atoms with E-state index in [4.69, 9.17) is 0 Å². The van der Waals surface area contributed by atoms with Crippen LogP contribution in [0.1, 0.15) is 29.4 Å². The number of sulfonamides is 1. The molecular weight excluding hydrogens is 288 g/mol. The minimum atomic E-state index is -3.66. The summed E-state index contributed by atoms with van der Waals surface area (Å²) in [7, 11) is -3.66. The normalized spacial score (nSPS) is 11.3. The Morgan fingerprint density at radius 1 is 1.19 bits per heavy atom. The van der Waals surface area contributed by atoms with Crippen molar-refractivity contribution in [2.24, 2.45) is 0 Å². The second-order valence-corrected chi connectivity index (χ2v) is 6.22. The summed E-state index contributed by atoms with van der Waals surface area (Å²) in [6.07, 6.45) is 1.94.